The Labute approximate surface area is 93.4 Å². The van der Waals surface area contributed by atoms with E-state index in [1.807, 2.05) is 0 Å². The fourth-order valence-electron chi connectivity index (χ4n) is 1.35. The van der Waals surface area contributed by atoms with Crippen LogP contribution in [-0.2, 0) is 6.54 Å². The van der Waals surface area contributed by atoms with E-state index >= 15 is 0 Å². The molecule has 1 rings (SSSR count). The highest BCUT2D eigenvalue weighted by Gasteiger charge is 2.09. The third-order valence-electron chi connectivity index (χ3n) is 2.23. The minimum atomic E-state index is -0.836. The van der Waals surface area contributed by atoms with Gasteiger partial charge in [0.25, 0.3) is 0 Å². The molecule has 0 saturated carbocycles. The van der Waals surface area contributed by atoms with Crippen molar-refractivity contribution in [3.05, 3.63) is 35.4 Å². The van der Waals surface area contributed by atoms with Gasteiger partial charge in [0.05, 0.1) is 5.84 Å². The predicted octanol–water partition coefficient (Wildman–Crippen LogP) is 1.72. The van der Waals surface area contributed by atoms with Crippen LogP contribution in [0.5, 0.6) is 0 Å². The first-order valence-corrected chi connectivity index (χ1v) is 4.95. The van der Waals surface area contributed by atoms with E-state index in [0.29, 0.717) is 25.1 Å². The van der Waals surface area contributed by atoms with Crippen LogP contribution in [-0.4, -0.2) is 24.3 Å². The summed E-state index contributed by atoms with van der Waals surface area (Å²) in [5.74, 6) is -1.55. The van der Waals surface area contributed by atoms with Gasteiger partial charge in [-0.3, -0.25) is 5.41 Å². The minimum Gasteiger partial charge on any atom is -0.388 e. The Hall–Kier alpha value is -1.49. The number of hydrogen-bond acceptors (Lipinski definition) is 2. The molecule has 0 aliphatic rings. The van der Waals surface area contributed by atoms with Crippen molar-refractivity contribution in [2.45, 2.75) is 13.0 Å². The lowest BCUT2D eigenvalue weighted by molar-refractivity contribution is 0.327. The van der Waals surface area contributed by atoms with E-state index in [1.165, 1.54) is 6.07 Å². The molecule has 16 heavy (non-hydrogen) atoms. The Morgan fingerprint density at radius 2 is 2.12 bits per heavy atom. The molecule has 3 N–H and O–H groups in total. The van der Waals surface area contributed by atoms with Gasteiger partial charge >= 0.3 is 0 Å². The lowest BCUT2D eigenvalue weighted by Gasteiger charge is -2.16. The van der Waals surface area contributed by atoms with Crippen molar-refractivity contribution >= 4 is 5.84 Å². The van der Waals surface area contributed by atoms with Gasteiger partial charge in [0.15, 0.2) is 11.6 Å². The average Bonchev–Trinajstić information content (AvgIpc) is 2.22. The molecule has 0 saturated heterocycles. The SMILES string of the molecule is CN(CCC(=N)N)Cc1cccc(F)c1F. The van der Waals surface area contributed by atoms with Crippen LogP contribution in [0.15, 0.2) is 18.2 Å². The maximum Gasteiger partial charge on any atom is 0.163 e. The number of halogens is 2. The fraction of sp³-hybridized carbons (Fsp3) is 0.364. The van der Waals surface area contributed by atoms with Gasteiger partial charge in [0.2, 0.25) is 0 Å². The van der Waals surface area contributed by atoms with E-state index in [-0.39, 0.29) is 5.84 Å². The van der Waals surface area contributed by atoms with Crippen molar-refractivity contribution < 1.29 is 8.78 Å². The largest absolute Gasteiger partial charge is 0.388 e. The number of benzene rings is 1. The number of nitrogens with two attached hydrogens (primary N) is 1. The lowest BCUT2D eigenvalue weighted by atomic mass is 10.2. The third-order valence-corrected chi connectivity index (χ3v) is 2.23. The molecule has 0 heterocycles. The number of nitrogens with one attached hydrogen (secondary N) is 1. The Bertz CT molecular complexity index is 379. The van der Waals surface area contributed by atoms with Gasteiger partial charge in [-0.1, -0.05) is 12.1 Å². The van der Waals surface area contributed by atoms with Crippen molar-refractivity contribution in [1.29, 1.82) is 5.41 Å². The minimum absolute atomic E-state index is 0.0894. The highest BCUT2D eigenvalue weighted by Crippen LogP contribution is 2.12. The second-order valence-electron chi connectivity index (χ2n) is 3.73. The van der Waals surface area contributed by atoms with Crippen molar-refractivity contribution in [2.75, 3.05) is 13.6 Å². The van der Waals surface area contributed by atoms with Crippen LogP contribution in [0.1, 0.15) is 12.0 Å². The Kier molecular flexibility index (Phi) is 4.37. The standard InChI is InChI=1S/C11H15F2N3/c1-16(6-5-10(14)15)7-8-3-2-4-9(12)11(8)13/h2-4H,5-7H2,1H3,(H3,14,15). The van der Waals surface area contributed by atoms with Gasteiger partial charge < -0.3 is 10.6 Å². The summed E-state index contributed by atoms with van der Waals surface area (Å²) in [5.41, 5.74) is 5.52. The van der Waals surface area contributed by atoms with Crippen LogP contribution in [0.2, 0.25) is 0 Å². The van der Waals surface area contributed by atoms with Gasteiger partial charge in [-0.2, -0.15) is 0 Å². The summed E-state index contributed by atoms with van der Waals surface area (Å²) in [6.07, 6.45) is 0.424. The molecule has 0 amide bonds. The van der Waals surface area contributed by atoms with Crippen molar-refractivity contribution in [1.82, 2.24) is 4.90 Å². The molecule has 0 radical (unpaired) electrons. The molecule has 0 atom stereocenters. The molecule has 5 heteroatoms. The van der Waals surface area contributed by atoms with Gasteiger partial charge in [-0.15, -0.1) is 0 Å². The number of rotatable bonds is 5. The molecule has 0 bridgehead atoms. The second-order valence-corrected chi connectivity index (χ2v) is 3.73. The summed E-state index contributed by atoms with van der Waals surface area (Å²) >= 11 is 0. The molecule has 88 valence electrons. The average molecular weight is 227 g/mol. The zero-order valence-electron chi connectivity index (χ0n) is 9.13. The van der Waals surface area contributed by atoms with Gasteiger partial charge in [0.1, 0.15) is 0 Å². The number of hydrogen-bond donors (Lipinski definition) is 2. The Morgan fingerprint density at radius 1 is 1.44 bits per heavy atom. The van der Waals surface area contributed by atoms with Gasteiger partial charge in [-0.05, 0) is 13.1 Å². The quantitative estimate of drug-likeness (QED) is 0.594. The lowest BCUT2D eigenvalue weighted by Crippen LogP contribution is -2.24. The smallest absolute Gasteiger partial charge is 0.163 e. The summed E-state index contributed by atoms with van der Waals surface area (Å²) in [5, 5.41) is 7.06. The van der Waals surface area contributed by atoms with E-state index in [0.717, 1.165) is 6.07 Å². The summed E-state index contributed by atoms with van der Waals surface area (Å²) in [6.45, 7) is 0.849. The van der Waals surface area contributed by atoms with Crippen molar-refractivity contribution in [3.63, 3.8) is 0 Å². The molecule has 3 nitrogen and oxygen atoms in total. The molecule has 1 aromatic rings. The van der Waals surface area contributed by atoms with Crippen LogP contribution < -0.4 is 5.73 Å². The predicted molar refractivity (Wildman–Crippen MR) is 59.2 cm³/mol. The van der Waals surface area contributed by atoms with Crippen LogP contribution in [0.3, 0.4) is 0 Å². The first-order valence-electron chi connectivity index (χ1n) is 4.95. The fourth-order valence-corrected chi connectivity index (χ4v) is 1.35. The first-order chi connectivity index (χ1) is 7.50. The zero-order chi connectivity index (χ0) is 12.1. The number of amidine groups is 1. The van der Waals surface area contributed by atoms with Gasteiger partial charge in [-0.25, -0.2) is 8.78 Å². The summed E-state index contributed by atoms with van der Waals surface area (Å²) < 4.78 is 26.2. The normalized spacial score (nSPS) is 10.8. The van der Waals surface area contributed by atoms with Crippen molar-refractivity contribution in [2.24, 2.45) is 5.73 Å². The highest BCUT2D eigenvalue weighted by molar-refractivity contribution is 5.76. The van der Waals surface area contributed by atoms with Crippen LogP contribution >= 0.6 is 0 Å². The maximum absolute atomic E-state index is 13.3. The third kappa shape index (κ3) is 3.58. The van der Waals surface area contributed by atoms with E-state index in [2.05, 4.69) is 0 Å². The summed E-state index contributed by atoms with van der Waals surface area (Å²) in [4.78, 5) is 1.79. The topological polar surface area (TPSA) is 53.1 Å². The van der Waals surface area contributed by atoms with E-state index in [1.54, 1.807) is 18.0 Å². The maximum atomic E-state index is 13.3. The van der Waals surface area contributed by atoms with E-state index < -0.39 is 11.6 Å². The molecule has 0 aromatic heterocycles. The summed E-state index contributed by atoms with van der Waals surface area (Å²) in [6, 6.07) is 4.11. The highest BCUT2D eigenvalue weighted by atomic mass is 19.2. The summed E-state index contributed by atoms with van der Waals surface area (Å²) in [7, 11) is 1.77. The number of nitrogens with zero attached hydrogens (tertiary/aromatic N) is 1. The van der Waals surface area contributed by atoms with Crippen LogP contribution in [0.25, 0.3) is 0 Å². The van der Waals surface area contributed by atoms with Crippen LogP contribution in [0.4, 0.5) is 8.78 Å². The molecular formula is C11H15F2N3. The van der Waals surface area contributed by atoms with Gasteiger partial charge in [0, 0.05) is 25.1 Å². The van der Waals surface area contributed by atoms with E-state index in [9.17, 15) is 8.78 Å². The molecule has 0 unspecified atom stereocenters. The molecule has 0 aliphatic heterocycles. The zero-order valence-corrected chi connectivity index (χ0v) is 9.13. The molecule has 0 spiro atoms. The van der Waals surface area contributed by atoms with E-state index in [4.69, 9.17) is 11.1 Å². The molecule has 0 fully saturated rings. The van der Waals surface area contributed by atoms with Crippen LogP contribution in [0, 0.1) is 17.0 Å². The first kappa shape index (κ1) is 12.6. The Balaban J connectivity index is 2.59. The molecular weight excluding hydrogens is 212 g/mol. The van der Waals surface area contributed by atoms with Crippen molar-refractivity contribution in [3.8, 4) is 0 Å². The monoisotopic (exact) mass is 227 g/mol. The second kappa shape index (κ2) is 5.55. The molecule has 1 aromatic carbocycles. The molecule has 0 aliphatic carbocycles. The Morgan fingerprint density at radius 3 is 2.75 bits per heavy atom.